The number of benzene rings is 1. The standard InChI is InChI=1S/C14H15FN2O3S/c1-9(14(18)19-2)7-21-8-12-16-17-13(20-12)10-3-5-11(15)6-4-10/h3-6,9H,7-8H2,1-2H3. The smallest absolute Gasteiger partial charge is 0.309 e. The predicted molar refractivity (Wildman–Crippen MR) is 77.0 cm³/mol. The maximum absolute atomic E-state index is 12.8. The van der Waals surface area contributed by atoms with Gasteiger partial charge in [0.2, 0.25) is 11.8 Å². The van der Waals surface area contributed by atoms with Gasteiger partial charge in [-0.15, -0.1) is 10.2 Å². The fraction of sp³-hybridized carbons (Fsp3) is 0.357. The maximum Gasteiger partial charge on any atom is 0.309 e. The molecule has 7 heteroatoms. The highest BCUT2D eigenvalue weighted by Crippen LogP contribution is 2.21. The molecule has 0 aliphatic rings. The van der Waals surface area contributed by atoms with Crippen molar-refractivity contribution in [3.05, 3.63) is 36.0 Å². The Hall–Kier alpha value is -1.89. The van der Waals surface area contributed by atoms with E-state index in [1.807, 2.05) is 0 Å². The normalized spacial score (nSPS) is 12.1. The lowest BCUT2D eigenvalue weighted by Crippen LogP contribution is -2.14. The number of methoxy groups -OCH3 is 1. The van der Waals surface area contributed by atoms with Crippen molar-refractivity contribution in [2.75, 3.05) is 12.9 Å². The lowest BCUT2D eigenvalue weighted by molar-refractivity contribution is -0.143. The average molecular weight is 310 g/mol. The zero-order chi connectivity index (χ0) is 15.2. The molecule has 1 unspecified atom stereocenters. The van der Waals surface area contributed by atoms with Gasteiger partial charge in [-0.1, -0.05) is 6.92 Å². The van der Waals surface area contributed by atoms with Crippen LogP contribution in [0.5, 0.6) is 0 Å². The van der Waals surface area contributed by atoms with E-state index in [4.69, 9.17) is 4.42 Å². The molecule has 0 amide bonds. The summed E-state index contributed by atoms with van der Waals surface area (Å²) >= 11 is 1.51. The molecular weight excluding hydrogens is 295 g/mol. The lowest BCUT2D eigenvalue weighted by Gasteiger charge is -2.06. The van der Waals surface area contributed by atoms with E-state index in [9.17, 15) is 9.18 Å². The highest BCUT2D eigenvalue weighted by Gasteiger charge is 2.14. The largest absolute Gasteiger partial charge is 0.469 e. The van der Waals surface area contributed by atoms with Crippen LogP contribution in [0, 0.1) is 11.7 Å². The first-order chi connectivity index (χ1) is 10.1. The summed E-state index contributed by atoms with van der Waals surface area (Å²) in [5.74, 6) is 1.21. The zero-order valence-electron chi connectivity index (χ0n) is 11.7. The van der Waals surface area contributed by atoms with Crippen molar-refractivity contribution in [3.63, 3.8) is 0 Å². The molecule has 0 saturated carbocycles. The minimum Gasteiger partial charge on any atom is -0.469 e. The molecule has 21 heavy (non-hydrogen) atoms. The Morgan fingerprint density at radius 1 is 1.38 bits per heavy atom. The molecule has 0 saturated heterocycles. The highest BCUT2D eigenvalue weighted by molar-refractivity contribution is 7.98. The molecule has 1 atom stereocenters. The first-order valence-electron chi connectivity index (χ1n) is 6.34. The molecule has 5 nitrogen and oxygen atoms in total. The fourth-order valence-corrected chi connectivity index (χ4v) is 2.51. The third-order valence-corrected chi connectivity index (χ3v) is 3.94. The van der Waals surface area contributed by atoms with E-state index in [1.165, 1.54) is 31.0 Å². The monoisotopic (exact) mass is 310 g/mol. The van der Waals surface area contributed by atoms with Gasteiger partial charge in [-0.05, 0) is 24.3 Å². The van der Waals surface area contributed by atoms with Gasteiger partial charge < -0.3 is 9.15 Å². The second-order valence-corrected chi connectivity index (χ2v) is 5.48. The van der Waals surface area contributed by atoms with Crippen LogP contribution < -0.4 is 0 Å². The average Bonchev–Trinajstić information content (AvgIpc) is 2.95. The lowest BCUT2D eigenvalue weighted by atomic mass is 10.2. The van der Waals surface area contributed by atoms with Crippen LogP contribution in [0.4, 0.5) is 4.39 Å². The van der Waals surface area contributed by atoms with Crippen LogP contribution >= 0.6 is 11.8 Å². The number of rotatable bonds is 6. The quantitative estimate of drug-likeness (QED) is 0.764. The molecule has 0 N–H and O–H groups in total. The Labute approximate surface area is 125 Å². The van der Waals surface area contributed by atoms with Gasteiger partial charge in [-0.3, -0.25) is 4.79 Å². The molecule has 0 aliphatic heterocycles. The molecule has 2 aromatic rings. The third-order valence-electron chi connectivity index (χ3n) is 2.75. The molecule has 2 rings (SSSR count). The summed E-state index contributed by atoms with van der Waals surface area (Å²) in [6.45, 7) is 1.80. The van der Waals surface area contributed by atoms with Crippen molar-refractivity contribution in [2.24, 2.45) is 5.92 Å². The first kappa shape index (κ1) is 15.5. The van der Waals surface area contributed by atoms with Crippen LogP contribution in [-0.2, 0) is 15.3 Å². The van der Waals surface area contributed by atoms with Crippen molar-refractivity contribution in [1.82, 2.24) is 10.2 Å². The van der Waals surface area contributed by atoms with Gasteiger partial charge in [-0.2, -0.15) is 11.8 Å². The summed E-state index contributed by atoms with van der Waals surface area (Å²) in [5, 5.41) is 7.85. The van der Waals surface area contributed by atoms with Crippen molar-refractivity contribution in [1.29, 1.82) is 0 Å². The number of nitrogens with zero attached hydrogens (tertiary/aromatic N) is 2. The fourth-order valence-electron chi connectivity index (χ4n) is 1.61. The van der Waals surface area contributed by atoms with Crippen molar-refractivity contribution < 1.29 is 18.3 Å². The molecule has 0 radical (unpaired) electrons. The minimum atomic E-state index is -0.314. The number of esters is 1. The molecule has 1 aromatic carbocycles. The van der Waals surface area contributed by atoms with Crippen LogP contribution in [0.25, 0.3) is 11.5 Å². The first-order valence-corrected chi connectivity index (χ1v) is 7.49. The summed E-state index contributed by atoms with van der Waals surface area (Å²) in [5.41, 5.74) is 0.670. The third kappa shape index (κ3) is 4.29. The van der Waals surface area contributed by atoms with Crippen LogP contribution in [0.2, 0.25) is 0 Å². The van der Waals surface area contributed by atoms with E-state index in [1.54, 1.807) is 19.1 Å². The van der Waals surface area contributed by atoms with Crippen molar-refractivity contribution in [2.45, 2.75) is 12.7 Å². The summed E-state index contributed by atoms with van der Waals surface area (Å²) in [6, 6.07) is 5.84. The summed E-state index contributed by atoms with van der Waals surface area (Å²) in [7, 11) is 1.37. The maximum atomic E-state index is 12.8. The number of halogens is 1. The Balaban J connectivity index is 1.89. The van der Waals surface area contributed by atoms with Gasteiger partial charge in [0.1, 0.15) is 5.82 Å². The highest BCUT2D eigenvalue weighted by atomic mass is 32.2. The number of carbonyl (C=O) groups is 1. The molecule has 1 heterocycles. The van der Waals surface area contributed by atoms with E-state index < -0.39 is 0 Å². The molecule has 0 spiro atoms. The second-order valence-electron chi connectivity index (χ2n) is 4.45. The number of ether oxygens (including phenoxy) is 1. The Morgan fingerprint density at radius 2 is 2.10 bits per heavy atom. The summed E-state index contributed by atoms with van der Waals surface area (Å²) in [4.78, 5) is 11.3. The molecule has 0 fully saturated rings. The Morgan fingerprint density at radius 3 is 2.76 bits per heavy atom. The Kier molecular flexibility index (Phi) is 5.32. The number of hydrogen-bond donors (Lipinski definition) is 0. The van der Waals surface area contributed by atoms with Gasteiger partial charge in [-0.25, -0.2) is 4.39 Å². The number of aromatic nitrogens is 2. The van der Waals surface area contributed by atoms with Gasteiger partial charge in [0, 0.05) is 11.3 Å². The van der Waals surface area contributed by atoms with Crippen LogP contribution in [0.1, 0.15) is 12.8 Å². The topological polar surface area (TPSA) is 65.2 Å². The van der Waals surface area contributed by atoms with Crippen LogP contribution in [0.3, 0.4) is 0 Å². The van der Waals surface area contributed by atoms with Gasteiger partial charge in [0.05, 0.1) is 18.8 Å². The van der Waals surface area contributed by atoms with Crippen molar-refractivity contribution in [3.8, 4) is 11.5 Å². The second kappa shape index (κ2) is 7.21. The molecular formula is C14H15FN2O3S. The van der Waals surface area contributed by atoms with E-state index in [0.717, 1.165) is 0 Å². The van der Waals surface area contributed by atoms with Gasteiger partial charge >= 0.3 is 5.97 Å². The van der Waals surface area contributed by atoms with E-state index in [0.29, 0.717) is 28.9 Å². The van der Waals surface area contributed by atoms with E-state index in [2.05, 4.69) is 14.9 Å². The molecule has 112 valence electrons. The number of thioether (sulfide) groups is 1. The number of carbonyl (C=O) groups excluding carboxylic acids is 1. The van der Waals surface area contributed by atoms with E-state index >= 15 is 0 Å². The molecule has 1 aromatic heterocycles. The van der Waals surface area contributed by atoms with Crippen molar-refractivity contribution >= 4 is 17.7 Å². The predicted octanol–water partition coefficient (Wildman–Crippen LogP) is 2.92. The van der Waals surface area contributed by atoms with Crippen LogP contribution in [-0.4, -0.2) is 29.0 Å². The van der Waals surface area contributed by atoms with Gasteiger partial charge in [0.15, 0.2) is 0 Å². The zero-order valence-corrected chi connectivity index (χ0v) is 12.5. The summed E-state index contributed by atoms with van der Waals surface area (Å²) < 4.78 is 23.0. The number of hydrogen-bond acceptors (Lipinski definition) is 6. The summed E-state index contributed by atoms with van der Waals surface area (Å²) in [6.07, 6.45) is 0. The van der Waals surface area contributed by atoms with E-state index in [-0.39, 0.29) is 17.7 Å². The molecule has 0 aliphatic carbocycles. The minimum absolute atomic E-state index is 0.181. The molecule has 0 bridgehead atoms. The Bertz CT molecular complexity index is 601. The van der Waals surface area contributed by atoms with Crippen LogP contribution in [0.15, 0.2) is 28.7 Å². The van der Waals surface area contributed by atoms with Gasteiger partial charge in [0.25, 0.3) is 0 Å². The SMILES string of the molecule is COC(=O)C(C)CSCc1nnc(-c2ccc(F)cc2)o1.